The van der Waals surface area contributed by atoms with E-state index in [1.54, 1.807) is 7.11 Å². The number of hydrogen-bond donors (Lipinski definition) is 2. The van der Waals surface area contributed by atoms with Crippen LogP contribution in [0.2, 0.25) is 0 Å². The monoisotopic (exact) mass is 306 g/mol. The van der Waals surface area contributed by atoms with E-state index in [9.17, 15) is 5.11 Å². The van der Waals surface area contributed by atoms with Crippen molar-refractivity contribution >= 4 is 0 Å². The van der Waals surface area contributed by atoms with Crippen LogP contribution >= 0.6 is 0 Å². The van der Waals surface area contributed by atoms with Crippen LogP contribution < -0.4 is 10.1 Å². The maximum atomic E-state index is 9.50. The Balaban J connectivity index is 1.58. The van der Waals surface area contributed by atoms with E-state index >= 15 is 0 Å². The van der Waals surface area contributed by atoms with Gasteiger partial charge in [0.2, 0.25) is 0 Å². The second-order valence-corrected chi connectivity index (χ2v) is 6.33. The molecule has 124 valence electrons. The second kappa shape index (κ2) is 9.13. The van der Waals surface area contributed by atoms with Gasteiger partial charge in [-0.3, -0.25) is 0 Å². The number of nitrogens with zero attached hydrogens (tertiary/aromatic N) is 1. The number of ether oxygens (including phenoxy) is 1. The van der Waals surface area contributed by atoms with Gasteiger partial charge in [0.1, 0.15) is 5.75 Å². The van der Waals surface area contributed by atoms with Crippen LogP contribution in [0.3, 0.4) is 0 Å². The Bertz CT molecular complexity index is 414. The number of likely N-dealkylation sites (tertiary alicyclic amines) is 1. The maximum Gasteiger partial charge on any atom is 0.118 e. The summed E-state index contributed by atoms with van der Waals surface area (Å²) in [4.78, 5) is 2.46. The van der Waals surface area contributed by atoms with Crippen LogP contribution in [-0.4, -0.2) is 55.4 Å². The third-order valence-corrected chi connectivity index (χ3v) is 4.40. The fraction of sp³-hybridized carbons (Fsp3) is 0.667. The van der Waals surface area contributed by atoms with E-state index < -0.39 is 0 Å². The van der Waals surface area contributed by atoms with E-state index in [0.717, 1.165) is 51.2 Å². The number of hydrogen-bond acceptors (Lipinski definition) is 4. The maximum absolute atomic E-state index is 9.50. The molecule has 4 heteroatoms. The van der Waals surface area contributed by atoms with Gasteiger partial charge in [-0.05, 0) is 63.4 Å². The molecule has 0 spiro atoms. The molecule has 1 aromatic rings. The number of piperidine rings is 1. The zero-order valence-electron chi connectivity index (χ0n) is 13.9. The lowest BCUT2D eigenvalue weighted by Gasteiger charge is -2.29. The van der Waals surface area contributed by atoms with Crippen molar-refractivity contribution in [1.29, 1.82) is 0 Å². The van der Waals surface area contributed by atoms with Gasteiger partial charge in [-0.25, -0.2) is 0 Å². The predicted molar refractivity (Wildman–Crippen MR) is 90.5 cm³/mol. The smallest absolute Gasteiger partial charge is 0.118 e. The molecule has 1 atom stereocenters. The van der Waals surface area contributed by atoms with E-state index in [1.165, 1.54) is 12.0 Å². The highest BCUT2D eigenvalue weighted by Gasteiger charge is 2.16. The van der Waals surface area contributed by atoms with Gasteiger partial charge < -0.3 is 20.1 Å². The quantitative estimate of drug-likeness (QED) is 0.722. The van der Waals surface area contributed by atoms with Gasteiger partial charge >= 0.3 is 0 Å². The van der Waals surface area contributed by atoms with E-state index in [1.807, 2.05) is 12.1 Å². The summed E-state index contributed by atoms with van der Waals surface area (Å²) < 4.78 is 5.18. The molecule has 1 aliphatic rings. The molecule has 2 N–H and O–H groups in total. The average molecular weight is 306 g/mol. The lowest BCUT2D eigenvalue weighted by Crippen LogP contribution is -2.38. The number of methoxy groups -OCH3 is 1. The average Bonchev–Trinajstić information content (AvgIpc) is 2.54. The van der Waals surface area contributed by atoms with Gasteiger partial charge in [0.05, 0.1) is 13.2 Å². The fourth-order valence-electron chi connectivity index (χ4n) is 2.98. The molecule has 1 saturated heterocycles. The van der Waals surface area contributed by atoms with Gasteiger partial charge in [0.15, 0.2) is 0 Å². The summed E-state index contributed by atoms with van der Waals surface area (Å²) in [6.45, 7) is 6.51. The Hall–Kier alpha value is -1.10. The molecule has 0 radical (unpaired) electrons. The molecule has 0 amide bonds. The molecule has 1 aromatic carbocycles. The number of aliphatic hydroxyl groups is 1. The normalized spacial score (nSPS) is 18.3. The zero-order valence-corrected chi connectivity index (χ0v) is 13.9. The summed E-state index contributed by atoms with van der Waals surface area (Å²) in [6, 6.07) is 8.79. The number of aliphatic hydroxyl groups excluding tert-OH is 1. The summed E-state index contributed by atoms with van der Waals surface area (Å²) in [5, 5.41) is 13.1. The lowest BCUT2D eigenvalue weighted by atomic mass is 10.1. The van der Waals surface area contributed by atoms with Crippen LogP contribution in [0.4, 0.5) is 0 Å². The number of nitrogens with one attached hydrogen (secondary N) is 1. The minimum absolute atomic E-state index is 0.0705. The Morgan fingerprint density at radius 1 is 1.27 bits per heavy atom. The summed E-state index contributed by atoms with van der Waals surface area (Å²) >= 11 is 0. The SMILES string of the molecule is COc1ccc(CC(C)NCCCN2CCC(O)CC2)cc1. The predicted octanol–water partition coefficient (Wildman–Crippen LogP) is 2.06. The van der Waals surface area contributed by atoms with Crippen molar-refractivity contribution in [2.45, 2.75) is 44.8 Å². The molecule has 22 heavy (non-hydrogen) atoms. The van der Waals surface area contributed by atoms with Crippen LogP contribution in [0.1, 0.15) is 31.7 Å². The molecule has 1 aliphatic heterocycles. The van der Waals surface area contributed by atoms with Crippen molar-refractivity contribution < 1.29 is 9.84 Å². The molecule has 0 saturated carbocycles. The molecule has 0 bridgehead atoms. The van der Waals surface area contributed by atoms with Crippen LogP contribution in [0.15, 0.2) is 24.3 Å². The molecule has 2 rings (SSSR count). The van der Waals surface area contributed by atoms with Crippen molar-refractivity contribution in [2.75, 3.05) is 33.3 Å². The van der Waals surface area contributed by atoms with E-state index in [0.29, 0.717) is 6.04 Å². The van der Waals surface area contributed by atoms with E-state index in [-0.39, 0.29) is 6.10 Å². The number of rotatable bonds is 8. The molecule has 0 aromatic heterocycles. The minimum atomic E-state index is -0.0705. The van der Waals surface area contributed by atoms with Crippen LogP contribution in [0.5, 0.6) is 5.75 Å². The van der Waals surface area contributed by atoms with Crippen molar-refractivity contribution in [3.8, 4) is 5.75 Å². The highest BCUT2D eigenvalue weighted by atomic mass is 16.5. The van der Waals surface area contributed by atoms with Crippen molar-refractivity contribution in [3.63, 3.8) is 0 Å². The van der Waals surface area contributed by atoms with Crippen molar-refractivity contribution in [1.82, 2.24) is 10.2 Å². The van der Waals surface area contributed by atoms with Gasteiger partial charge in [-0.1, -0.05) is 12.1 Å². The van der Waals surface area contributed by atoms with Crippen molar-refractivity contribution in [3.05, 3.63) is 29.8 Å². The molecular weight excluding hydrogens is 276 g/mol. The highest BCUT2D eigenvalue weighted by Crippen LogP contribution is 2.13. The molecule has 1 heterocycles. The first-order valence-corrected chi connectivity index (χ1v) is 8.44. The Morgan fingerprint density at radius 3 is 2.59 bits per heavy atom. The molecule has 4 nitrogen and oxygen atoms in total. The summed E-state index contributed by atoms with van der Waals surface area (Å²) in [7, 11) is 1.70. The topological polar surface area (TPSA) is 44.7 Å². The standard InChI is InChI=1S/C18H30N2O2/c1-15(14-16-4-6-18(22-2)7-5-16)19-10-3-11-20-12-8-17(21)9-13-20/h4-7,15,17,19,21H,3,8-14H2,1-2H3. The zero-order chi connectivity index (χ0) is 15.8. The third-order valence-electron chi connectivity index (χ3n) is 4.40. The first-order valence-electron chi connectivity index (χ1n) is 8.44. The summed E-state index contributed by atoms with van der Waals surface area (Å²) in [5.41, 5.74) is 1.34. The lowest BCUT2D eigenvalue weighted by molar-refractivity contribution is 0.0820. The van der Waals surface area contributed by atoms with E-state index in [4.69, 9.17) is 4.74 Å². The first kappa shape index (κ1) is 17.3. The Labute approximate surface area is 134 Å². The van der Waals surface area contributed by atoms with Gasteiger partial charge in [-0.2, -0.15) is 0 Å². The summed E-state index contributed by atoms with van der Waals surface area (Å²) in [6.07, 6.45) is 4.00. The third kappa shape index (κ3) is 5.95. The molecule has 1 fully saturated rings. The Kier molecular flexibility index (Phi) is 7.16. The van der Waals surface area contributed by atoms with Crippen LogP contribution in [-0.2, 0) is 6.42 Å². The van der Waals surface area contributed by atoms with Gasteiger partial charge in [0, 0.05) is 19.1 Å². The molecule has 1 unspecified atom stereocenters. The van der Waals surface area contributed by atoms with Gasteiger partial charge in [-0.15, -0.1) is 0 Å². The summed E-state index contributed by atoms with van der Waals surface area (Å²) in [5.74, 6) is 0.913. The van der Waals surface area contributed by atoms with Crippen LogP contribution in [0.25, 0.3) is 0 Å². The minimum Gasteiger partial charge on any atom is -0.497 e. The highest BCUT2D eigenvalue weighted by molar-refractivity contribution is 5.27. The molecular formula is C18H30N2O2. The molecule has 0 aliphatic carbocycles. The number of benzene rings is 1. The Morgan fingerprint density at radius 2 is 1.95 bits per heavy atom. The largest absolute Gasteiger partial charge is 0.497 e. The second-order valence-electron chi connectivity index (χ2n) is 6.33. The first-order chi connectivity index (χ1) is 10.7. The van der Waals surface area contributed by atoms with Crippen molar-refractivity contribution in [2.24, 2.45) is 0 Å². The van der Waals surface area contributed by atoms with Crippen LogP contribution in [0, 0.1) is 0 Å². The van der Waals surface area contributed by atoms with E-state index in [2.05, 4.69) is 29.3 Å². The van der Waals surface area contributed by atoms with Gasteiger partial charge in [0.25, 0.3) is 0 Å². The fourth-order valence-corrected chi connectivity index (χ4v) is 2.98.